The molecule has 1 saturated heterocycles. The van der Waals surface area contributed by atoms with Crippen LogP contribution in [-0.4, -0.2) is 52.3 Å². The largest absolute Gasteiger partial charge is 0.367 e. The maximum absolute atomic E-state index is 12.9. The van der Waals surface area contributed by atoms with Crippen molar-refractivity contribution in [2.45, 2.75) is 31.5 Å². The molecule has 0 saturated carbocycles. The van der Waals surface area contributed by atoms with Crippen LogP contribution in [0.5, 0.6) is 0 Å². The standard InChI is InChI=1S/C20H23ClN4O2S/c1-13-14(2)22-20-25(19(13)27)15(12-28-20)11-18(26)24-9-7-23(8-10-24)17-6-4-3-5-16(17)21/h3-6,15H,7-12H2,1-2H3. The first kappa shape index (κ1) is 19.3. The van der Waals surface area contributed by atoms with E-state index in [1.54, 1.807) is 23.3 Å². The molecule has 1 aromatic heterocycles. The predicted molar refractivity (Wildman–Crippen MR) is 113 cm³/mol. The van der Waals surface area contributed by atoms with E-state index in [-0.39, 0.29) is 17.5 Å². The van der Waals surface area contributed by atoms with Crippen molar-refractivity contribution in [2.24, 2.45) is 0 Å². The molecule has 2 aliphatic heterocycles. The lowest BCUT2D eigenvalue weighted by molar-refractivity contribution is -0.132. The number of benzene rings is 1. The van der Waals surface area contributed by atoms with Crippen LogP contribution in [0.3, 0.4) is 0 Å². The number of amides is 1. The van der Waals surface area contributed by atoms with Crippen LogP contribution in [0.2, 0.25) is 5.02 Å². The number of aryl methyl sites for hydroxylation is 1. The first-order valence-electron chi connectivity index (χ1n) is 9.45. The van der Waals surface area contributed by atoms with Crippen molar-refractivity contribution in [3.05, 3.63) is 50.9 Å². The highest BCUT2D eigenvalue weighted by Crippen LogP contribution is 2.33. The average Bonchev–Trinajstić information content (AvgIpc) is 3.09. The van der Waals surface area contributed by atoms with Crippen molar-refractivity contribution in [3.63, 3.8) is 0 Å². The van der Waals surface area contributed by atoms with E-state index in [1.807, 2.05) is 36.1 Å². The molecule has 28 heavy (non-hydrogen) atoms. The van der Waals surface area contributed by atoms with Crippen molar-refractivity contribution < 1.29 is 4.79 Å². The Bertz CT molecular complexity index is 969. The molecule has 0 N–H and O–H groups in total. The molecule has 0 bridgehead atoms. The Morgan fingerprint density at radius 1 is 1.21 bits per heavy atom. The van der Waals surface area contributed by atoms with Crippen LogP contribution in [0.4, 0.5) is 5.69 Å². The third kappa shape index (κ3) is 3.53. The molecular weight excluding hydrogens is 396 g/mol. The quantitative estimate of drug-likeness (QED) is 0.717. The molecule has 0 radical (unpaired) electrons. The Labute approximate surface area is 173 Å². The Morgan fingerprint density at radius 3 is 2.64 bits per heavy atom. The van der Waals surface area contributed by atoms with Gasteiger partial charge in [-0.3, -0.25) is 14.2 Å². The van der Waals surface area contributed by atoms with Gasteiger partial charge in [0, 0.05) is 49.6 Å². The fourth-order valence-electron chi connectivity index (χ4n) is 3.76. The third-order valence-electron chi connectivity index (χ3n) is 5.56. The summed E-state index contributed by atoms with van der Waals surface area (Å²) < 4.78 is 1.71. The van der Waals surface area contributed by atoms with Gasteiger partial charge in [-0.1, -0.05) is 35.5 Å². The minimum absolute atomic E-state index is 0.0196. The molecule has 8 heteroatoms. The lowest BCUT2D eigenvalue weighted by Crippen LogP contribution is -2.49. The van der Waals surface area contributed by atoms with Gasteiger partial charge in [0.2, 0.25) is 5.91 Å². The van der Waals surface area contributed by atoms with Crippen molar-refractivity contribution in [1.82, 2.24) is 14.5 Å². The monoisotopic (exact) mass is 418 g/mol. The number of aromatic nitrogens is 2. The lowest BCUT2D eigenvalue weighted by Gasteiger charge is -2.37. The maximum Gasteiger partial charge on any atom is 0.257 e. The van der Waals surface area contributed by atoms with Gasteiger partial charge in [0.25, 0.3) is 5.56 Å². The number of para-hydroxylation sites is 1. The fourth-order valence-corrected chi connectivity index (χ4v) is 5.19. The molecule has 148 valence electrons. The summed E-state index contributed by atoms with van der Waals surface area (Å²) in [5.41, 5.74) is 2.43. The highest BCUT2D eigenvalue weighted by atomic mass is 35.5. The number of piperazine rings is 1. The summed E-state index contributed by atoms with van der Waals surface area (Å²) in [5, 5.41) is 1.47. The highest BCUT2D eigenvalue weighted by molar-refractivity contribution is 7.99. The number of thioether (sulfide) groups is 1. The molecule has 1 aromatic carbocycles. The van der Waals surface area contributed by atoms with Crippen molar-refractivity contribution in [2.75, 3.05) is 36.8 Å². The van der Waals surface area contributed by atoms with E-state index in [0.717, 1.165) is 40.4 Å². The van der Waals surface area contributed by atoms with E-state index < -0.39 is 0 Å². The topological polar surface area (TPSA) is 58.4 Å². The van der Waals surface area contributed by atoms with Gasteiger partial charge in [-0.2, -0.15) is 0 Å². The number of hydrogen-bond acceptors (Lipinski definition) is 5. The molecule has 2 aliphatic rings. The SMILES string of the molecule is Cc1nc2n(c(=O)c1C)C(CC(=O)N1CCN(c3ccccc3Cl)CC1)CS2. The molecule has 1 atom stereocenters. The number of carbonyl (C=O) groups is 1. The van der Waals surface area contributed by atoms with Crippen LogP contribution in [0.25, 0.3) is 0 Å². The number of nitrogens with zero attached hydrogens (tertiary/aromatic N) is 4. The molecule has 6 nitrogen and oxygen atoms in total. The average molecular weight is 419 g/mol. The molecule has 4 rings (SSSR count). The summed E-state index contributed by atoms with van der Waals surface area (Å²) in [6.45, 7) is 6.49. The zero-order chi connectivity index (χ0) is 19.8. The van der Waals surface area contributed by atoms with E-state index in [4.69, 9.17) is 11.6 Å². The zero-order valence-corrected chi connectivity index (χ0v) is 17.6. The molecule has 1 unspecified atom stereocenters. The van der Waals surface area contributed by atoms with E-state index >= 15 is 0 Å². The molecule has 1 amide bonds. The summed E-state index contributed by atoms with van der Waals surface area (Å²) in [6.07, 6.45) is 0.343. The second kappa shape index (κ2) is 7.79. The normalized spacial score (nSPS) is 19.0. The predicted octanol–water partition coefficient (Wildman–Crippen LogP) is 2.90. The van der Waals surface area contributed by atoms with Crippen molar-refractivity contribution in [1.29, 1.82) is 0 Å². The second-order valence-electron chi connectivity index (χ2n) is 7.27. The van der Waals surface area contributed by atoms with Gasteiger partial charge in [0.1, 0.15) is 0 Å². The summed E-state index contributed by atoms with van der Waals surface area (Å²) in [6, 6.07) is 7.68. The summed E-state index contributed by atoms with van der Waals surface area (Å²) in [5.74, 6) is 0.818. The second-order valence-corrected chi connectivity index (χ2v) is 8.66. The van der Waals surface area contributed by atoms with Crippen LogP contribution in [-0.2, 0) is 4.79 Å². The Hall–Kier alpha value is -1.99. The van der Waals surface area contributed by atoms with Gasteiger partial charge in [-0.05, 0) is 26.0 Å². The first-order valence-corrected chi connectivity index (χ1v) is 10.8. The maximum atomic E-state index is 12.9. The number of rotatable bonds is 3. The van der Waals surface area contributed by atoms with Crippen LogP contribution in [0.1, 0.15) is 23.7 Å². The van der Waals surface area contributed by atoms with Crippen LogP contribution < -0.4 is 10.5 Å². The highest BCUT2D eigenvalue weighted by Gasteiger charge is 2.31. The first-order chi connectivity index (χ1) is 13.5. The van der Waals surface area contributed by atoms with Gasteiger partial charge in [0.05, 0.1) is 16.8 Å². The lowest BCUT2D eigenvalue weighted by atomic mass is 10.1. The third-order valence-corrected chi connectivity index (χ3v) is 6.97. The number of halogens is 1. The molecule has 3 heterocycles. The molecule has 0 spiro atoms. The Balaban J connectivity index is 1.41. The molecule has 0 aliphatic carbocycles. The van der Waals surface area contributed by atoms with Gasteiger partial charge in [-0.15, -0.1) is 0 Å². The van der Waals surface area contributed by atoms with Gasteiger partial charge >= 0.3 is 0 Å². The van der Waals surface area contributed by atoms with E-state index in [9.17, 15) is 9.59 Å². The summed E-state index contributed by atoms with van der Waals surface area (Å²) in [4.78, 5) is 34.2. The minimum Gasteiger partial charge on any atom is -0.367 e. The fraction of sp³-hybridized carbons (Fsp3) is 0.450. The smallest absolute Gasteiger partial charge is 0.257 e. The van der Waals surface area contributed by atoms with Gasteiger partial charge in [-0.25, -0.2) is 4.98 Å². The Morgan fingerprint density at radius 2 is 1.93 bits per heavy atom. The van der Waals surface area contributed by atoms with E-state index in [1.165, 1.54) is 0 Å². The van der Waals surface area contributed by atoms with E-state index in [2.05, 4.69) is 9.88 Å². The summed E-state index contributed by atoms with van der Waals surface area (Å²) >= 11 is 7.85. The minimum atomic E-state index is -0.117. The van der Waals surface area contributed by atoms with Gasteiger partial charge < -0.3 is 9.80 Å². The van der Waals surface area contributed by atoms with E-state index in [0.29, 0.717) is 25.1 Å². The molecular formula is C20H23ClN4O2S. The summed E-state index contributed by atoms with van der Waals surface area (Å²) in [7, 11) is 0. The molecule has 2 aromatic rings. The zero-order valence-electron chi connectivity index (χ0n) is 16.0. The number of carbonyl (C=O) groups excluding carboxylic acids is 1. The Kier molecular flexibility index (Phi) is 5.38. The van der Waals surface area contributed by atoms with Crippen LogP contribution in [0.15, 0.2) is 34.2 Å². The molecule has 1 fully saturated rings. The number of hydrogen-bond donors (Lipinski definition) is 0. The van der Waals surface area contributed by atoms with Gasteiger partial charge in [0.15, 0.2) is 5.16 Å². The van der Waals surface area contributed by atoms with Crippen molar-refractivity contribution >= 4 is 35.0 Å². The van der Waals surface area contributed by atoms with Crippen molar-refractivity contribution in [3.8, 4) is 0 Å². The number of anilines is 1. The number of fused-ring (bicyclic) bond motifs is 1. The van der Waals surface area contributed by atoms with Crippen LogP contribution in [0, 0.1) is 13.8 Å². The van der Waals surface area contributed by atoms with Crippen LogP contribution >= 0.6 is 23.4 Å².